The molecule has 124 valence electrons. The van der Waals surface area contributed by atoms with Crippen molar-refractivity contribution in [2.75, 3.05) is 12.4 Å². The first-order valence-corrected chi connectivity index (χ1v) is 7.88. The Labute approximate surface area is 144 Å². The van der Waals surface area contributed by atoms with Crippen molar-refractivity contribution in [2.24, 2.45) is 0 Å². The molecule has 1 N–H and O–H groups in total. The molecule has 4 aromatic rings. The highest BCUT2D eigenvalue weighted by molar-refractivity contribution is 5.90. The van der Waals surface area contributed by atoms with Gasteiger partial charge < -0.3 is 14.5 Å². The number of para-hydroxylation sites is 1. The average molecular weight is 332 g/mol. The van der Waals surface area contributed by atoms with Gasteiger partial charge in [-0.05, 0) is 30.3 Å². The number of pyridine rings is 1. The summed E-state index contributed by atoms with van der Waals surface area (Å²) in [4.78, 5) is 4.42. The Bertz CT molecular complexity index is 1010. The fourth-order valence-corrected chi connectivity index (χ4v) is 2.62. The number of rotatable bonds is 5. The molecule has 25 heavy (non-hydrogen) atoms. The SMILES string of the molecule is COc1cccc(-c2nnc(CNc3cccc4cccnc34)o2)c1. The summed E-state index contributed by atoms with van der Waals surface area (Å²) >= 11 is 0. The predicted octanol–water partition coefficient (Wildman–Crippen LogP) is 3.91. The molecular weight excluding hydrogens is 316 g/mol. The molecule has 0 unspecified atom stereocenters. The van der Waals surface area contributed by atoms with Crippen LogP contribution in [0.15, 0.2) is 65.2 Å². The Morgan fingerprint density at radius 1 is 1.04 bits per heavy atom. The molecule has 4 rings (SSSR count). The molecule has 0 aliphatic carbocycles. The van der Waals surface area contributed by atoms with Crippen LogP contribution in [0.4, 0.5) is 5.69 Å². The van der Waals surface area contributed by atoms with Gasteiger partial charge in [0.1, 0.15) is 5.75 Å². The number of ether oxygens (including phenoxy) is 1. The third-order valence-corrected chi connectivity index (χ3v) is 3.85. The Hall–Kier alpha value is -3.41. The summed E-state index contributed by atoms with van der Waals surface area (Å²) in [5.74, 6) is 1.72. The van der Waals surface area contributed by atoms with Crippen LogP contribution in [0.5, 0.6) is 5.75 Å². The first kappa shape index (κ1) is 15.1. The fraction of sp³-hybridized carbons (Fsp3) is 0.105. The van der Waals surface area contributed by atoms with Crippen LogP contribution in [0.1, 0.15) is 5.89 Å². The van der Waals surface area contributed by atoms with Crippen LogP contribution in [0.25, 0.3) is 22.4 Å². The van der Waals surface area contributed by atoms with Crippen LogP contribution in [0.2, 0.25) is 0 Å². The molecule has 0 radical (unpaired) electrons. The molecule has 2 heterocycles. The van der Waals surface area contributed by atoms with Gasteiger partial charge in [-0.25, -0.2) is 0 Å². The molecule has 0 fully saturated rings. The number of hydrogen-bond donors (Lipinski definition) is 1. The van der Waals surface area contributed by atoms with E-state index in [1.54, 1.807) is 13.3 Å². The van der Waals surface area contributed by atoms with Crippen LogP contribution < -0.4 is 10.1 Å². The largest absolute Gasteiger partial charge is 0.497 e. The maximum Gasteiger partial charge on any atom is 0.247 e. The summed E-state index contributed by atoms with van der Waals surface area (Å²) in [5, 5.41) is 12.6. The first-order valence-electron chi connectivity index (χ1n) is 7.88. The van der Waals surface area contributed by atoms with Gasteiger partial charge in [-0.3, -0.25) is 4.98 Å². The topological polar surface area (TPSA) is 73.1 Å². The van der Waals surface area contributed by atoms with Crippen molar-refractivity contribution in [3.8, 4) is 17.2 Å². The van der Waals surface area contributed by atoms with Gasteiger partial charge in [-0.1, -0.05) is 24.3 Å². The van der Waals surface area contributed by atoms with Crippen LogP contribution in [-0.2, 0) is 6.54 Å². The molecule has 0 saturated carbocycles. The minimum absolute atomic E-state index is 0.423. The number of anilines is 1. The highest BCUT2D eigenvalue weighted by Crippen LogP contribution is 2.24. The highest BCUT2D eigenvalue weighted by atomic mass is 16.5. The second kappa shape index (κ2) is 6.60. The van der Waals surface area contributed by atoms with Gasteiger partial charge >= 0.3 is 0 Å². The lowest BCUT2D eigenvalue weighted by atomic mass is 10.2. The fourth-order valence-electron chi connectivity index (χ4n) is 2.62. The van der Waals surface area contributed by atoms with Crippen LogP contribution >= 0.6 is 0 Å². The van der Waals surface area contributed by atoms with E-state index >= 15 is 0 Å². The lowest BCUT2D eigenvalue weighted by molar-refractivity contribution is 0.414. The van der Waals surface area contributed by atoms with E-state index in [0.717, 1.165) is 27.9 Å². The predicted molar refractivity (Wildman–Crippen MR) is 95.4 cm³/mol. The van der Waals surface area contributed by atoms with Crippen molar-refractivity contribution < 1.29 is 9.15 Å². The van der Waals surface area contributed by atoms with Crippen molar-refractivity contribution in [3.63, 3.8) is 0 Å². The van der Waals surface area contributed by atoms with Gasteiger partial charge in [0.2, 0.25) is 11.8 Å². The molecule has 0 aliphatic rings. The van der Waals surface area contributed by atoms with Crippen molar-refractivity contribution >= 4 is 16.6 Å². The number of nitrogens with one attached hydrogen (secondary N) is 1. The van der Waals surface area contributed by atoms with Crippen molar-refractivity contribution in [1.29, 1.82) is 0 Å². The summed E-state index contributed by atoms with van der Waals surface area (Å²) in [6.07, 6.45) is 1.78. The van der Waals surface area contributed by atoms with Gasteiger partial charge in [0.05, 0.1) is 24.9 Å². The number of benzene rings is 2. The Morgan fingerprint density at radius 3 is 2.84 bits per heavy atom. The van der Waals surface area contributed by atoms with Gasteiger partial charge in [0, 0.05) is 17.1 Å². The van der Waals surface area contributed by atoms with E-state index in [2.05, 4.69) is 20.5 Å². The normalized spacial score (nSPS) is 10.8. The van der Waals surface area contributed by atoms with E-state index < -0.39 is 0 Å². The van der Waals surface area contributed by atoms with Crippen molar-refractivity contribution in [1.82, 2.24) is 15.2 Å². The molecular formula is C19H16N4O2. The molecule has 2 aromatic heterocycles. The number of hydrogen-bond acceptors (Lipinski definition) is 6. The van der Waals surface area contributed by atoms with Crippen LogP contribution in [0.3, 0.4) is 0 Å². The molecule has 0 saturated heterocycles. The van der Waals surface area contributed by atoms with Crippen molar-refractivity contribution in [2.45, 2.75) is 6.54 Å². The summed E-state index contributed by atoms with van der Waals surface area (Å²) in [6, 6.07) is 17.5. The van der Waals surface area contributed by atoms with E-state index in [1.807, 2.05) is 54.6 Å². The quantitative estimate of drug-likeness (QED) is 0.597. The molecule has 6 nitrogen and oxygen atoms in total. The van der Waals surface area contributed by atoms with Crippen molar-refractivity contribution in [3.05, 3.63) is 66.7 Å². The second-order valence-electron chi connectivity index (χ2n) is 5.47. The lowest BCUT2D eigenvalue weighted by Crippen LogP contribution is -2.00. The average Bonchev–Trinajstić information content (AvgIpc) is 3.15. The smallest absolute Gasteiger partial charge is 0.247 e. The molecule has 0 atom stereocenters. The monoisotopic (exact) mass is 332 g/mol. The maximum atomic E-state index is 5.74. The zero-order valence-corrected chi connectivity index (χ0v) is 13.6. The molecule has 2 aromatic carbocycles. The highest BCUT2D eigenvalue weighted by Gasteiger charge is 2.10. The van der Waals surface area contributed by atoms with E-state index in [-0.39, 0.29) is 0 Å². The zero-order chi connectivity index (χ0) is 17.1. The third kappa shape index (κ3) is 3.14. The summed E-state index contributed by atoms with van der Waals surface area (Å²) in [7, 11) is 1.63. The minimum Gasteiger partial charge on any atom is -0.497 e. The second-order valence-corrected chi connectivity index (χ2v) is 5.47. The third-order valence-electron chi connectivity index (χ3n) is 3.85. The number of nitrogens with zero attached hydrogens (tertiary/aromatic N) is 3. The van der Waals surface area contributed by atoms with E-state index in [9.17, 15) is 0 Å². The van der Waals surface area contributed by atoms with E-state index in [1.165, 1.54) is 0 Å². The summed E-state index contributed by atoms with van der Waals surface area (Å²) < 4.78 is 11.0. The van der Waals surface area contributed by atoms with Crippen LogP contribution in [0, 0.1) is 0 Å². The molecule has 0 aliphatic heterocycles. The van der Waals surface area contributed by atoms with E-state index in [4.69, 9.17) is 9.15 Å². The Morgan fingerprint density at radius 2 is 1.92 bits per heavy atom. The first-order chi connectivity index (χ1) is 12.3. The molecule has 0 amide bonds. The Kier molecular flexibility index (Phi) is 4.00. The minimum atomic E-state index is 0.423. The molecule has 6 heteroatoms. The number of fused-ring (bicyclic) bond motifs is 1. The van der Waals surface area contributed by atoms with Crippen LogP contribution in [-0.4, -0.2) is 22.3 Å². The molecule has 0 bridgehead atoms. The standard InChI is InChI=1S/C19H16N4O2/c1-24-15-8-2-6-14(11-15)19-23-22-17(25-19)12-21-16-9-3-5-13-7-4-10-20-18(13)16/h2-11,21H,12H2,1H3. The summed E-state index contributed by atoms with van der Waals surface area (Å²) in [6.45, 7) is 0.423. The Balaban J connectivity index is 1.53. The summed E-state index contributed by atoms with van der Waals surface area (Å²) in [5.41, 5.74) is 2.67. The molecule has 0 spiro atoms. The van der Waals surface area contributed by atoms with Gasteiger partial charge in [0.25, 0.3) is 0 Å². The number of methoxy groups -OCH3 is 1. The van der Waals surface area contributed by atoms with Gasteiger partial charge in [0.15, 0.2) is 0 Å². The maximum absolute atomic E-state index is 5.74. The lowest BCUT2D eigenvalue weighted by Gasteiger charge is -2.06. The zero-order valence-electron chi connectivity index (χ0n) is 13.6. The van der Waals surface area contributed by atoms with E-state index in [0.29, 0.717) is 18.3 Å². The van der Waals surface area contributed by atoms with Gasteiger partial charge in [-0.2, -0.15) is 0 Å². The number of aromatic nitrogens is 3. The van der Waals surface area contributed by atoms with Gasteiger partial charge in [-0.15, -0.1) is 10.2 Å².